The monoisotopic (exact) mass is 281 g/mol. The molecule has 0 amide bonds. The van der Waals surface area contributed by atoms with Gasteiger partial charge in [-0.25, -0.2) is 0 Å². The number of benzene rings is 1. The highest BCUT2D eigenvalue weighted by atomic mass is 16.5. The van der Waals surface area contributed by atoms with E-state index in [1.165, 1.54) is 0 Å². The predicted molar refractivity (Wildman–Crippen MR) is 80.2 cm³/mol. The van der Waals surface area contributed by atoms with Crippen LogP contribution < -0.4 is 10.2 Å². The van der Waals surface area contributed by atoms with Crippen molar-refractivity contribution in [2.24, 2.45) is 0 Å². The lowest BCUT2D eigenvalue weighted by molar-refractivity contribution is 0.124. The van der Waals surface area contributed by atoms with Gasteiger partial charge in [0, 0.05) is 31.8 Å². The van der Waals surface area contributed by atoms with Crippen molar-refractivity contribution in [3.05, 3.63) is 23.8 Å². The summed E-state index contributed by atoms with van der Waals surface area (Å²) in [6.45, 7) is 6.37. The molecule has 112 valence electrons. The highest BCUT2D eigenvalue weighted by Crippen LogP contribution is 2.19. The third-order valence-corrected chi connectivity index (χ3v) is 3.29. The van der Waals surface area contributed by atoms with E-state index >= 15 is 0 Å². The third kappa shape index (κ3) is 4.79. The van der Waals surface area contributed by atoms with E-state index in [0.29, 0.717) is 24.7 Å². The summed E-state index contributed by atoms with van der Waals surface area (Å²) < 4.78 is 10.5. The normalized spacial score (nSPS) is 11.2. The average Bonchev–Trinajstić information content (AvgIpc) is 2.42. The summed E-state index contributed by atoms with van der Waals surface area (Å²) in [4.78, 5) is 2.24. The van der Waals surface area contributed by atoms with Crippen molar-refractivity contribution >= 4 is 12.6 Å². The maximum atomic E-state index is 9.28. The molecule has 0 bridgehead atoms. The Hall–Kier alpha value is -1.08. The van der Waals surface area contributed by atoms with Crippen LogP contribution in [0.5, 0.6) is 5.75 Å². The fourth-order valence-electron chi connectivity index (χ4n) is 2.03. The van der Waals surface area contributed by atoms with Crippen LogP contribution in [-0.2, 0) is 11.3 Å². The molecule has 1 aromatic carbocycles. The van der Waals surface area contributed by atoms with Gasteiger partial charge < -0.3 is 19.5 Å². The zero-order chi connectivity index (χ0) is 15.1. The van der Waals surface area contributed by atoms with Gasteiger partial charge in [-0.05, 0) is 25.4 Å². The number of methoxy groups -OCH3 is 2. The Bertz CT molecular complexity index is 412. The smallest absolute Gasteiger partial charge is 0.488 e. The highest BCUT2D eigenvalue weighted by Gasteiger charge is 2.17. The zero-order valence-corrected chi connectivity index (χ0v) is 12.7. The molecule has 0 aliphatic carbocycles. The molecule has 1 rings (SSSR count). The van der Waals surface area contributed by atoms with Crippen molar-refractivity contribution in [2.45, 2.75) is 26.4 Å². The lowest BCUT2D eigenvalue weighted by Crippen LogP contribution is -2.35. The molecule has 0 radical (unpaired) electrons. The van der Waals surface area contributed by atoms with E-state index in [-0.39, 0.29) is 0 Å². The Balaban J connectivity index is 2.93. The topological polar surface area (TPSA) is 62.2 Å². The summed E-state index contributed by atoms with van der Waals surface area (Å²) in [6.07, 6.45) is 0. The second-order valence-electron chi connectivity index (χ2n) is 5.00. The van der Waals surface area contributed by atoms with Crippen LogP contribution in [0.2, 0.25) is 0 Å². The van der Waals surface area contributed by atoms with Gasteiger partial charge in [-0.1, -0.05) is 12.1 Å². The van der Waals surface area contributed by atoms with Crippen LogP contribution >= 0.6 is 0 Å². The van der Waals surface area contributed by atoms with Crippen molar-refractivity contribution in [3.8, 4) is 5.75 Å². The first-order valence-electron chi connectivity index (χ1n) is 6.75. The number of hydrogen-bond donors (Lipinski definition) is 2. The fraction of sp³-hybridized carbons (Fsp3) is 0.571. The lowest BCUT2D eigenvalue weighted by Gasteiger charge is -2.27. The van der Waals surface area contributed by atoms with Gasteiger partial charge in [0.25, 0.3) is 0 Å². The largest absolute Gasteiger partial charge is 0.496 e. The molecular weight excluding hydrogens is 257 g/mol. The van der Waals surface area contributed by atoms with Crippen LogP contribution in [0.25, 0.3) is 0 Å². The number of nitrogens with zero attached hydrogens (tertiary/aromatic N) is 1. The van der Waals surface area contributed by atoms with Crippen molar-refractivity contribution < 1.29 is 19.5 Å². The minimum atomic E-state index is -1.47. The minimum absolute atomic E-state index is 0.359. The Morgan fingerprint density at radius 2 is 1.95 bits per heavy atom. The molecule has 0 unspecified atom stereocenters. The molecule has 1 aromatic rings. The fourth-order valence-corrected chi connectivity index (χ4v) is 2.03. The van der Waals surface area contributed by atoms with Gasteiger partial charge >= 0.3 is 7.12 Å². The molecule has 0 saturated carbocycles. The Morgan fingerprint density at radius 1 is 1.25 bits per heavy atom. The van der Waals surface area contributed by atoms with Crippen molar-refractivity contribution in [3.63, 3.8) is 0 Å². The van der Waals surface area contributed by atoms with Crippen molar-refractivity contribution in [1.29, 1.82) is 0 Å². The molecule has 0 fully saturated rings. The van der Waals surface area contributed by atoms with Gasteiger partial charge in [0.2, 0.25) is 0 Å². The lowest BCUT2D eigenvalue weighted by atomic mass is 9.79. The molecule has 2 N–H and O–H groups in total. The quantitative estimate of drug-likeness (QED) is 0.668. The number of hydrogen-bond acceptors (Lipinski definition) is 5. The second-order valence-corrected chi connectivity index (χ2v) is 5.00. The summed E-state index contributed by atoms with van der Waals surface area (Å²) in [6, 6.07) is 5.55. The van der Waals surface area contributed by atoms with E-state index in [4.69, 9.17) is 9.47 Å². The molecule has 20 heavy (non-hydrogen) atoms. The van der Waals surface area contributed by atoms with Crippen molar-refractivity contribution in [1.82, 2.24) is 4.90 Å². The number of rotatable bonds is 8. The first kappa shape index (κ1) is 17.0. The van der Waals surface area contributed by atoms with E-state index in [9.17, 15) is 10.0 Å². The summed E-state index contributed by atoms with van der Waals surface area (Å²) >= 11 is 0. The van der Waals surface area contributed by atoms with Gasteiger partial charge in [0.15, 0.2) is 0 Å². The minimum Gasteiger partial charge on any atom is -0.496 e. The molecule has 0 aliphatic rings. The predicted octanol–water partition coefficient (Wildman–Crippen LogP) is 0.232. The summed E-state index contributed by atoms with van der Waals surface area (Å²) in [7, 11) is 1.83. The van der Waals surface area contributed by atoms with Crippen molar-refractivity contribution in [2.75, 3.05) is 27.4 Å². The van der Waals surface area contributed by atoms with Gasteiger partial charge in [-0.3, -0.25) is 4.90 Å². The Kier molecular flexibility index (Phi) is 7.02. The highest BCUT2D eigenvalue weighted by molar-refractivity contribution is 6.58. The van der Waals surface area contributed by atoms with Gasteiger partial charge in [-0.2, -0.15) is 0 Å². The van der Waals surface area contributed by atoms with E-state index in [2.05, 4.69) is 18.7 Å². The molecule has 5 nitrogen and oxygen atoms in total. The number of ether oxygens (including phenoxy) is 2. The molecule has 0 heterocycles. The summed E-state index contributed by atoms with van der Waals surface area (Å²) in [5, 5.41) is 18.6. The van der Waals surface area contributed by atoms with Crippen LogP contribution in [0.15, 0.2) is 18.2 Å². The molecule has 6 heteroatoms. The van der Waals surface area contributed by atoms with E-state index < -0.39 is 7.12 Å². The van der Waals surface area contributed by atoms with Gasteiger partial charge in [0.05, 0.1) is 13.7 Å². The van der Waals surface area contributed by atoms with E-state index in [1.807, 2.05) is 0 Å². The van der Waals surface area contributed by atoms with Crippen LogP contribution in [0.1, 0.15) is 19.4 Å². The first-order chi connectivity index (χ1) is 9.49. The maximum absolute atomic E-state index is 9.28. The van der Waals surface area contributed by atoms with Crippen LogP contribution in [0.3, 0.4) is 0 Å². The molecule has 0 atom stereocenters. The molecule has 0 aromatic heterocycles. The van der Waals surface area contributed by atoms with E-state index in [0.717, 1.165) is 17.9 Å². The molecule has 0 aliphatic heterocycles. The van der Waals surface area contributed by atoms with Gasteiger partial charge in [0.1, 0.15) is 5.75 Å². The second kappa shape index (κ2) is 8.27. The Labute approximate surface area is 121 Å². The molecular formula is C14H24BNO4. The summed E-state index contributed by atoms with van der Waals surface area (Å²) in [5.41, 5.74) is 1.40. The third-order valence-electron chi connectivity index (χ3n) is 3.29. The molecule has 0 spiro atoms. The van der Waals surface area contributed by atoms with Crippen LogP contribution in [0, 0.1) is 0 Å². The Morgan fingerprint density at radius 3 is 2.45 bits per heavy atom. The standard InChI is InChI=1S/C14H24BNO4/c1-11(2)16(7-8-19-3)10-12-9-13(15(17)18)5-6-14(12)20-4/h5-6,9,11,17-18H,7-8,10H2,1-4H3. The van der Waals surface area contributed by atoms with Crippen LogP contribution in [0.4, 0.5) is 0 Å². The van der Waals surface area contributed by atoms with Gasteiger partial charge in [-0.15, -0.1) is 0 Å². The summed E-state index contributed by atoms with van der Waals surface area (Å²) in [5.74, 6) is 0.748. The molecule has 0 saturated heterocycles. The first-order valence-corrected chi connectivity index (χ1v) is 6.75. The average molecular weight is 281 g/mol. The SMILES string of the molecule is COCCN(Cc1cc(B(O)O)ccc1OC)C(C)C. The van der Waals surface area contributed by atoms with Crippen LogP contribution in [-0.4, -0.2) is 55.5 Å². The maximum Gasteiger partial charge on any atom is 0.488 e. The zero-order valence-electron chi connectivity index (χ0n) is 12.7. The van der Waals surface area contributed by atoms with E-state index in [1.54, 1.807) is 32.4 Å².